The molecule has 1 saturated heterocycles. The van der Waals surface area contributed by atoms with Crippen LogP contribution in [0.15, 0.2) is 36.8 Å². The van der Waals surface area contributed by atoms with Crippen molar-refractivity contribution in [3.8, 4) is 5.75 Å². The number of rotatable bonds is 3. The fraction of sp³-hybridized carbons (Fsp3) is 0.312. The quantitative estimate of drug-likeness (QED) is 0.774. The molecule has 1 aliphatic heterocycles. The van der Waals surface area contributed by atoms with Crippen LogP contribution in [0.4, 0.5) is 0 Å². The third-order valence-corrected chi connectivity index (χ3v) is 4.20. The Balaban J connectivity index is 1.40. The van der Waals surface area contributed by atoms with Gasteiger partial charge in [-0.3, -0.25) is 9.89 Å². The maximum Gasteiger partial charge on any atom is 0.291 e. The van der Waals surface area contributed by atoms with Crippen LogP contribution in [0.1, 0.15) is 23.5 Å². The maximum absolute atomic E-state index is 12.2. The highest BCUT2D eigenvalue weighted by molar-refractivity contribution is 5.90. The minimum atomic E-state index is -0.103. The summed E-state index contributed by atoms with van der Waals surface area (Å²) >= 11 is 0. The number of nitrogens with one attached hydrogen (secondary N) is 2. The second kappa shape index (κ2) is 5.75. The summed E-state index contributed by atoms with van der Waals surface area (Å²) in [4.78, 5) is 21.1. The molecule has 1 aromatic carbocycles. The number of H-pyrrole nitrogens is 2. The van der Waals surface area contributed by atoms with E-state index in [1.807, 2.05) is 30.5 Å². The summed E-state index contributed by atoms with van der Waals surface area (Å²) < 4.78 is 6.15. The predicted octanol–water partition coefficient (Wildman–Crippen LogP) is 1.97. The van der Waals surface area contributed by atoms with Gasteiger partial charge in [0.2, 0.25) is 5.82 Å². The normalized spacial score (nSPS) is 15.9. The molecular weight excluding hydrogens is 294 g/mol. The van der Waals surface area contributed by atoms with E-state index in [4.69, 9.17) is 4.74 Å². The molecule has 7 nitrogen and oxygen atoms in total. The van der Waals surface area contributed by atoms with E-state index in [0.29, 0.717) is 18.9 Å². The van der Waals surface area contributed by atoms with Crippen LogP contribution in [0.5, 0.6) is 5.75 Å². The number of carbonyl (C=O) groups is 1. The van der Waals surface area contributed by atoms with Crippen molar-refractivity contribution in [2.24, 2.45) is 0 Å². The van der Waals surface area contributed by atoms with Gasteiger partial charge in [0.15, 0.2) is 0 Å². The van der Waals surface area contributed by atoms with E-state index < -0.39 is 0 Å². The van der Waals surface area contributed by atoms with Gasteiger partial charge in [-0.1, -0.05) is 6.07 Å². The zero-order valence-corrected chi connectivity index (χ0v) is 12.5. The monoisotopic (exact) mass is 311 g/mol. The van der Waals surface area contributed by atoms with Crippen LogP contribution >= 0.6 is 0 Å². The third-order valence-electron chi connectivity index (χ3n) is 4.20. The number of ether oxygens (including phenoxy) is 1. The smallest absolute Gasteiger partial charge is 0.291 e. The Labute approximate surface area is 132 Å². The van der Waals surface area contributed by atoms with Gasteiger partial charge in [0.1, 0.15) is 18.2 Å². The van der Waals surface area contributed by atoms with Crippen LogP contribution in [0.3, 0.4) is 0 Å². The van der Waals surface area contributed by atoms with Crippen molar-refractivity contribution >= 4 is 16.8 Å². The summed E-state index contributed by atoms with van der Waals surface area (Å²) in [7, 11) is 0. The van der Waals surface area contributed by atoms with Crippen LogP contribution in [0, 0.1) is 0 Å². The van der Waals surface area contributed by atoms with Crippen LogP contribution in [-0.2, 0) is 0 Å². The molecule has 0 bridgehead atoms. The molecule has 1 amide bonds. The summed E-state index contributed by atoms with van der Waals surface area (Å²) in [5, 5.41) is 7.43. The first-order chi connectivity index (χ1) is 11.3. The van der Waals surface area contributed by atoms with Gasteiger partial charge in [-0.25, -0.2) is 4.98 Å². The number of nitrogens with zero attached hydrogens (tertiary/aromatic N) is 3. The molecule has 118 valence electrons. The Kier molecular flexibility index (Phi) is 3.45. The number of carbonyl (C=O) groups excluding carboxylic acids is 1. The summed E-state index contributed by atoms with van der Waals surface area (Å²) in [6.07, 6.45) is 4.99. The number of likely N-dealkylation sites (tertiary alicyclic amines) is 1. The number of amides is 1. The van der Waals surface area contributed by atoms with Gasteiger partial charge in [-0.05, 0) is 18.2 Å². The third kappa shape index (κ3) is 2.65. The molecule has 0 spiro atoms. The van der Waals surface area contributed by atoms with Gasteiger partial charge >= 0.3 is 0 Å². The van der Waals surface area contributed by atoms with Crippen LogP contribution in [0.2, 0.25) is 0 Å². The van der Waals surface area contributed by atoms with Crippen molar-refractivity contribution in [1.29, 1.82) is 0 Å². The highest BCUT2D eigenvalue weighted by Gasteiger charge is 2.26. The van der Waals surface area contributed by atoms with E-state index in [9.17, 15) is 4.79 Å². The molecule has 4 rings (SSSR count). The first kappa shape index (κ1) is 13.8. The molecule has 2 N–H and O–H groups in total. The highest BCUT2D eigenvalue weighted by Crippen LogP contribution is 2.27. The minimum absolute atomic E-state index is 0.103. The lowest BCUT2D eigenvalue weighted by molar-refractivity contribution is 0.0587. The number of hydrogen-bond acceptors (Lipinski definition) is 4. The van der Waals surface area contributed by atoms with E-state index in [1.165, 1.54) is 6.33 Å². The van der Waals surface area contributed by atoms with Crippen LogP contribution < -0.4 is 4.74 Å². The van der Waals surface area contributed by atoms with E-state index in [2.05, 4.69) is 20.2 Å². The fourth-order valence-corrected chi connectivity index (χ4v) is 2.97. The van der Waals surface area contributed by atoms with E-state index >= 15 is 0 Å². The number of fused-ring (bicyclic) bond motifs is 1. The fourth-order valence-electron chi connectivity index (χ4n) is 2.97. The number of hydrogen-bond donors (Lipinski definition) is 2. The Morgan fingerprint density at radius 3 is 2.91 bits per heavy atom. The molecule has 0 atom stereocenters. The minimum Gasteiger partial charge on any atom is -0.490 e. The Hall–Kier alpha value is -2.83. The molecule has 0 radical (unpaired) electrons. The molecule has 1 aliphatic rings. The molecule has 3 heterocycles. The lowest BCUT2D eigenvalue weighted by atomic mass is 10.1. The molecule has 0 saturated carbocycles. The van der Waals surface area contributed by atoms with Crippen molar-refractivity contribution in [3.05, 3.63) is 42.6 Å². The first-order valence-electron chi connectivity index (χ1n) is 7.68. The lowest BCUT2D eigenvalue weighted by Gasteiger charge is -2.31. The van der Waals surface area contributed by atoms with Crippen molar-refractivity contribution in [2.45, 2.75) is 18.9 Å². The zero-order valence-electron chi connectivity index (χ0n) is 12.5. The first-order valence-corrected chi connectivity index (χ1v) is 7.68. The summed E-state index contributed by atoms with van der Waals surface area (Å²) in [5.74, 6) is 1.08. The van der Waals surface area contributed by atoms with Crippen molar-refractivity contribution in [3.63, 3.8) is 0 Å². The molecule has 2 aromatic heterocycles. The van der Waals surface area contributed by atoms with Crippen molar-refractivity contribution < 1.29 is 9.53 Å². The Morgan fingerprint density at radius 1 is 1.26 bits per heavy atom. The maximum atomic E-state index is 12.2. The Bertz CT molecular complexity index is 803. The topological polar surface area (TPSA) is 86.9 Å². The standard InChI is InChI=1S/C16H17N5O2/c22-16(15-18-10-19-20-15)21-8-5-11(6-9-21)23-14-3-1-2-13-12(14)4-7-17-13/h1-4,7,10-11,17H,5-6,8-9H2,(H,18,19,20). The average Bonchev–Trinajstić information content (AvgIpc) is 3.27. The van der Waals surface area contributed by atoms with Gasteiger partial charge in [0.25, 0.3) is 5.91 Å². The second-order valence-electron chi connectivity index (χ2n) is 5.64. The number of piperidine rings is 1. The molecule has 0 aliphatic carbocycles. The van der Waals surface area contributed by atoms with E-state index in [-0.39, 0.29) is 12.0 Å². The SMILES string of the molecule is O=C(c1ncn[nH]1)N1CCC(Oc2cccc3[nH]ccc23)CC1. The highest BCUT2D eigenvalue weighted by atomic mass is 16.5. The largest absolute Gasteiger partial charge is 0.490 e. The van der Waals surface area contributed by atoms with E-state index in [0.717, 1.165) is 29.5 Å². The van der Waals surface area contributed by atoms with Gasteiger partial charge in [0.05, 0.1) is 0 Å². The van der Waals surface area contributed by atoms with Crippen molar-refractivity contribution in [1.82, 2.24) is 25.1 Å². The van der Waals surface area contributed by atoms with E-state index in [1.54, 1.807) is 4.90 Å². The average molecular weight is 311 g/mol. The summed E-state index contributed by atoms with van der Waals surface area (Å²) in [6.45, 7) is 1.32. The number of aromatic nitrogens is 4. The molecule has 1 fully saturated rings. The molecule has 7 heteroatoms. The molecule has 3 aromatic rings. The number of benzene rings is 1. The van der Waals surface area contributed by atoms with Gasteiger partial charge in [-0.15, -0.1) is 0 Å². The van der Waals surface area contributed by atoms with Gasteiger partial charge in [0, 0.05) is 43.0 Å². The van der Waals surface area contributed by atoms with Crippen molar-refractivity contribution in [2.75, 3.05) is 13.1 Å². The summed E-state index contributed by atoms with van der Waals surface area (Å²) in [5.41, 5.74) is 1.07. The van der Waals surface area contributed by atoms with Crippen LogP contribution in [-0.4, -0.2) is 50.2 Å². The van der Waals surface area contributed by atoms with Gasteiger partial charge < -0.3 is 14.6 Å². The van der Waals surface area contributed by atoms with Crippen LogP contribution in [0.25, 0.3) is 10.9 Å². The number of aromatic amines is 2. The predicted molar refractivity (Wildman–Crippen MR) is 84.2 cm³/mol. The molecule has 0 unspecified atom stereocenters. The Morgan fingerprint density at radius 2 is 2.13 bits per heavy atom. The summed E-state index contributed by atoms with van der Waals surface area (Å²) in [6, 6.07) is 8.02. The zero-order chi connectivity index (χ0) is 15.6. The lowest BCUT2D eigenvalue weighted by Crippen LogP contribution is -2.42. The second-order valence-corrected chi connectivity index (χ2v) is 5.64. The molecular formula is C16H17N5O2. The molecule has 23 heavy (non-hydrogen) atoms. The van der Waals surface area contributed by atoms with Gasteiger partial charge in [-0.2, -0.15) is 5.10 Å².